The number of hydrogen-bond donors (Lipinski definition) is 0. The summed E-state index contributed by atoms with van der Waals surface area (Å²) in [6.45, 7) is -0.411. The molecule has 2 aliphatic rings. The van der Waals surface area contributed by atoms with Crippen LogP contribution in [0.5, 0.6) is 0 Å². The van der Waals surface area contributed by atoms with Gasteiger partial charge in [0, 0.05) is 24.1 Å². The molecule has 1 atom stereocenters. The SMILES string of the molecule is O=C(CCC(=O)c1ccccc1)OCC(=O)N(C1CCCC1)C1CCS(=O)(=O)C1. The molecule has 158 valence electrons. The Kier molecular flexibility index (Phi) is 7.05. The lowest BCUT2D eigenvalue weighted by atomic mass is 10.1. The Labute approximate surface area is 171 Å². The van der Waals surface area contributed by atoms with E-state index in [1.165, 1.54) is 0 Å². The highest BCUT2D eigenvalue weighted by atomic mass is 32.2. The van der Waals surface area contributed by atoms with Crippen molar-refractivity contribution in [3.05, 3.63) is 35.9 Å². The van der Waals surface area contributed by atoms with Gasteiger partial charge in [-0.2, -0.15) is 0 Å². The third kappa shape index (κ3) is 5.88. The van der Waals surface area contributed by atoms with Crippen LogP contribution in [0.1, 0.15) is 55.3 Å². The first kappa shape index (κ1) is 21.5. The third-order valence-electron chi connectivity index (χ3n) is 5.62. The van der Waals surface area contributed by atoms with Gasteiger partial charge in [-0.3, -0.25) is 14.4 Å². The number of benzene rings is 1. The molecule has 0 bridgehead atoms. The van der Waals surface area contributed by atoms with Crippen LogP contribution in [0.2, 0.25) is 0 Å². The Bertz CT molecular complexity index is 845. The molecule has 0 N–H and O–H groups in total. The number of nitrogens with zero attached hydrogens (tertiary/aromatic N) is 1. The normalized spacial score (nSPS) is 21.0. The van der Waals surface area contributed by atoms with Gasteiger partial charge in [-0.1, -0.05) is 43.2 Å². The molecule has 1 aromatic rings. The van der Waals surface area contributed by atoms with Gasteiger partial charge in [-0.25, -0.2) is 8.42 Å². The van der Waals surface area contributed by atoms with Crippen molar-refractivity contribution in [2.45, 2.75) is 57.0 Å². The highest BCUT2D eigenvalue weighted by Crippen LogP contribution is 2.29. The lowest BCUT2D eigenvalue weighted by Crippen LogP contribution is -2.48. The Hall–Kier alpha value is -2.22. The first-order valence-electron chi connectivity index (χ1n) is 10.1. The molecular weight excluding hydrogens is 394 g/mol. The summed E-state index contributed by atoms with van der Waals surface area (Å²) >= 11 is 0. The second-order valence-electron chi connectivity index (χ2n) is 7.75. The van der Waals surface area contributed by atoms with E-state index in [0.29, 0.717) is 12.0 Å². The number of hydrogen-bond acceptors (Lipinski definition) is 6. The minimum absolute atomic E-state index is 0.0131. The number of rotatable bonds is 8. The van der Waals surface area contributed by atoms with Crippen molar-refractivity contribution in [1.82, 2.24) is 4.90 Å². The highest BCUT2D eigenvalue weighted by molar-refractivity contribution is 7.91. The quantitative estimate of drug-likeness (QED) is 0.471. The Morgan fingerprint density at radius 1 is 0.966 bits per heavy atom. The number of sulfone groups is 1. The molecule has 29 heavy (non-hydrogen) atoms. The van der Waals surface area contributed by atoms with E-state index >= 15 is 0 Å². The summed E-state index contributed by atoms with van der Waals surface area (Å²) in [4.78, 5) is 38.5. The molecule has 0 aromatic heterocycles. The molecule has 1 unspecified atom stereocenters. The van der Waals surface area contributed by atoms with Gasteiger partial charge in [0.2, 0.25) is 0 Å². The topological polar surface area (TPSA) is 97.8 Å². The molecule has 8 heteroatoms. The van der Waals surface area contributed by atoms with Gasteiger partial charge < -0.3 is 9.64 Å². The second-order valence-corrected chi connectivity index (χ2v) is 9.97. The van der Waals surface area contributed by atoms with Crippen molar-refractivity contribution < 1.29 is 27.5 Å². The second kappa shape index (κ2) is 9.52. The molecule has 2 fully saturated rings. The van der Waals surface area contributed by atoms with E-state index in [0.717, 1.165) is 25.7 Å². The standard InChI is InChI=1S/C21H27NO6S/c23-19(16-6-2-1-3-7-16)10-11-21(25)28-14-20(24)22(17-8-4-5-9-17)18-12-13-29(26,27)15-18/h1-3,6-7,17-18H,4-5,8-15H2. The van der Waals surface area contributed by atoms with Gasteiger partial charge >= 0.3 is 5.97 Å². The van der Waals surface area contributed by atoms with Gasteiger partial charge in [0.05, 0.1) is 17.9 Å². The minimum Gasteiger partial charge on any atom is -0.456 e. The maximum atomic E-state index is 12.8. The van der Waals surface area contributed by atoms with Gasteiger partial charge in [0.25, 0.3) is 5.91 Å². The fraction of sp³-hybridized carbons (Fsp3) is 0.571. The fourth-order valence-electron chi connectivity index (χ4n) is 4.16. The van der Waals surface area contributed by atoms with E-state index in [4.69, 9.17) is 4.74 Å². The van der Waals surface area contributed by atoms with Crippen molar-refractivity contribution in [3.8, 4) is 0 Å². The van der Waals surface area contributed by atoms with E-state index in [1.54, 1.807) is 29.2 Å². The summed E-state index contributed by atoms with van der Waals surface area (Å²) in [6.07, 6.45) is 4.07. The molecule has 1 aliphatic carbocycles. The maximum Gasteiger partial charge on any atom is 0.306 e. The number of esters is 1. The molecule has 1 amide bonds. The van der Waals surface area contributed by atoms with Crippen LogP contribution in [0.4, 0.5) is 0 Å². The van der Waals surface area contributed by atoms with Crippen LogP contribution in [0.15, 0.2) is 30.3 Å². The average molecular weight is 422 g/mol. The van der Waals surface area contributed by atoms with E-state index in [-0.39, 0.29) is 48.1 Å². The highest BCUT2D eigenvalue weighted by Gasteiger charge is 2.39. The molecule has 7 nitrogen and oxygen atoms in total. The van der Waals surface area contributed by atoms with Gasteiger partial charge in [-0.15, -0.1) is 0 Å². The van der Waals surface area contributed by atoms with Crippen LogP contribution in [0, 0.1) is 0 Å². The zero-order chi connectivity index (χ0) is 20.9. The van der Waals surface area contributed by atoms with Crippen LogP contribution in [-0.2, 0) is 24.2 Å². The van der Waals surface area contributed by atoms with Crippen LogP contribution < -0.4 is 0 Å². The molecule has 1 saturated carbocycles. The van der Waals surface area contributed by atoms with Crippen molar-refractivity contribution >= 4 is 27.5 Å². The first-order chi connectivity index (χ1) is 13.9. The maximum absolute atomic E-state index is 12.8. The molecule has 3 rings (SSSR count). The predicted octanol–water partition coefficient (Wildman–Crippen LogP) is 2.15. The summed E-state index contributed by atoms with van der Waals surface area (Å²) in [6, 6.07) is 8.37. The Balaban J connectivity index is 1.51. The van der Waals surface area contributed by atoms with Crippen LogP contribution >= 0.6 is 0 Å². The zero-order valence-electron chi connectivity index (χ0n) is 16.4. The summed E-state index contributed by atoms with van der Waals surface area (Å²) in [5, 5.41) is 0. The molecule has 0 spiro atoms. The summed E-state index contributed by atoms with van der Waals surface area (Å²) in [5.41, 5.74) is 0.534. The molecule has 1 aliphatic heterocycles. The molecule has 1 saturated heterocycles. The lowest BCUT2D eigenvalue weighted by molar-refractivity contribution is -0.154. The van der Waals surface area contributed by atoms with Crippen molar-refractivity contribution in [2.75, 3.05) is 18.1 Å². The molecule has 0 radical (unpaired) electrons. The van der Waals surface area contributed by atoms with E-state index in [9.17, 15) is 22.8 Å². The van der Waals surface area contributed by atoms with Crippen molar-refractivity contribution in [1.29, 1.82) is 0 Å². The number of amides is 1. The number of ketones is 1. The van der Waals surface area contributed by atoms with Gasteiger partial charge in [0.15, 0.2) is 22.2 Å². The largest absolute Gasteiger partial charge is 0.456 e. The Morgan fingerprint density at radius 3 is 2.28 bits per heavy atom. The van der Waals surface area contributed by atoms with E-state index in [2.05, 4.69) is 0 Å². The number of Topliss-reactive ketones (excluding diaryl/α,β-unsaturated/α-hetero) is 1. The molecule has 1 aromatic carbocycles. The van der Waals surface area contributed by atoms with Crippen molar-refractivity contribution in [3.63, 3.8) is 0 Å². The molecular formula is C21H27NO6S. The number of carbonyl (C=O) groups excluding carboxylic acids is 3. The Morgan fingerprint density at radius 2 is 1.66 bits per heavy atom. The predicted molar refractivity (Wildman–Crippen MR) is 107 cm³/mol. The van der Waals surface area contributed by atoms with Gasteiger partial charge in [-0.05, 0) is 19.3 Å². The zero-order valence-corrected chi connectivity index (χ0v) is 17.2. The minimum atomic E-state index is -3.12. The monoisotopic (exact) mass is 421 g/mol. The van der Waals surface area contributed by atoms with Crippen LogP contribution in [0.3, 0.4) is 0 Å². The summed E-state index contributed by atoms with van der Waals surface area (Å²) < 4.78 is 28.8. The fourth-order valence-corrected chi connectivity index (χ4v) is 5.87. The van der Waals surface area contributed by atoms with Crippen LogP contribution in [-0.4, -0.2) is 61.2 Å². The first-order valence-corrected chi connectivity index (χ1v) is 11.9. The summed E-state index contributed by atoms with van der Waals surface area (Å²) in [5.74, 6) is -1.03. The van der Waals surface area contributed by atoms with E-state index in [1.807, 2.05) is 6.07 Å². The van der Waals surface area contributed by atoms with E-state index < -0.39 is 22.4 Å². The van der Waals surface area contributed by atoms with Crippen LogP contribution in [0.25, 0.3) is 0 Å². The third-order valence-corrected chi connectivity index (χ3v) is 7.37. The lowest BCUT2D eigenvalue weighted by Gasteiger charge is -2.33. The van der Waals surface area contributed by atoms with Gasteiger partial charge in [0.1, 0.15) is 0 Å². The molecule has 1 heterocycles. The average Bonchev–Trinajstić information content (AvgIpc) is 3.35. The smallest absolute Gasteiger partial charge is 0.306 e. The number of carbonyl (C=O) groups is 3. The number of ether oxygens (including phenoxy) is 1. The summed E-state index contributed by atoms with van der Waals surface area (Å²) in [7, 11) is -3.12. The van der Waals surface area contributed by atoms with Crippen molar-refractivity contribution in [2.24, 2.45) is 0 Å².